The maximum atomic E-state index is 12.7. The van der Waals surface area contributed by atoms with Crippen LogP contribution >= 0.6 is 11.3 Å². The molecule has 0 atom stereocenters. The maximum Gasteiger partial charge on any atom is 0.273 e. The van der Waals surface area contributed by atoms with Gasteiger partial charge in [0.25, 0.3) is 10.0 Å². The third kappa shape index (κ3) is 2.13. The summed E-state index contributed by atoms with van der Waals surface area (Å²) >= 11 is 1.26. The summed E-state index contributed by atoms with van der Waals surface area (Å²) in [6.07, 6.45) is 1.65. The molecule has 106 valence electrons. The lowest BCUT2D eigenvalue weighted by Crippen LogP contribution is -2.35. The number of hydrogen-bond donors (Lipinski definition) is 0. The molecule has 0 spiro atoms. The standard InChI is InChI=1S/C14H16N2O2S2/c1-10-9-13-12(15-11(10)2)5-3-7-16(13)20(17,18)14-6-4-8-19-14/h4,6,8-9H,3,5,7H2,1-2H3. The Morgan fingerprint density at radius 1 is 1.35 bits per heavy atom. The fourth-order valence-electron chi connectivity index (χ4n) is 2.42. The van der Waals surface area contributed by atoms with E-state index in [4.69, 9.17) is 0 Å². The van der Waals surface area contributed by atoms with Gasteiger partial charge in [-0.1, -0.05) is 6.07 Å². The second kappa shape index (κ2) is 4.86. The summed E-state index contributed by atoms with van der Waals surface area (Å²) < 4.78 is 27.3. The molecular weight excluding hydrogens is 292 g/mol. The lowest BCUT2D eigenvalue weighted by atomic mass is 10.1. The number of rotatable bonds is 2. The zero-order valence-corrected chi connectivity index (χ0v) is 13.1. The normalized spacial score (nSPS) is 15.2. The second-order valence-corrected chi connectivity index (χ2v) is 8.01. The van der Waals surface area contributed by atoms with Gasteiger partial charge in [0.15, 0.2) is 0 Å². The molecule has 1 aliphatic heterocycles. The molecule has 6 heteroatoms. The van der Waals surface area contributed by atoms with Crippen LogP contribution in [0.5, 0.6) is 0 Å². The van der Waals surface area contributed by atoms with Crippen molar-refractivity contribution in [2.45, 2.75) is 30.9 Å². The highest BCUT2D eigenvalue weighted by atomic mass is 32.2. The van der Waals surface area contributed by atoms with Crippen molar-refractivity contribution in [2.75, 3.05) is 10.8 Å². The Labute approximate surface area is 123 Å². The number of fused-ring (bicyclic) bond motifs is 1. The number of aromatic nitrogens is 1. The largest absolute Gasteiger partial charge is 0.273 e. The van der Waals surface area contributed by atoms with Gasteiger partial charge in [-0.15, -0.1) is 11.3 Å². The van der Waals surface area contributed by atoms with Crippen LogP contribution in [0.15, 0.2) is 27.8 Å². The van der Waals surface area contributed by atoms with Gasteiger partial charge in [0.2, 0.25) is 0 Å². The van der Waals surface area contributed by atoms with E-state index in [1.165, 1.54) is 15.6 Å². The number of thiophene rings is 1. The van der Waals surface area contributed by atoms with E-state index in [-0.39, 0.29) is 0 Å². The molecule has 0 amide bonds. The third-order valence-corrected chi connectivity index (χ3v) is 6.79. The number of sulfonamides is 1. The topological polar surface area (TPSA) is 50.3 Å². The molecule has 0 fully saturated rings. The van der Waals surface area contributed by atoms with Crippen molar-refractivity contribution in [1.82, 2.24) is 4.98 Å². The van der Waals surface area contributed by atoms with Crippen molar-refractivity contribution in [3.8, 4) is 0 Å². The SMILES string of the molecule is Cc1cc2c(nc1C)CCCN2S(=O)(=O)c1cccs1. The molecule has 20 heavy (non-hydrogen) atoms. The van der Waals surface area contributed by atoms with Crippen LogP contribution in [-0.2, 0) is 16.4 Å². The van der Waals surface area contributed by atoms with Crippen molar-refractivity contribution in [1.29, 1.82) is 0 Å². The highest BCUT2D eigenvalue weighted by molar-refractivity contribution is 7.94. The van der Waals surface area contributed by atoms with Crippen LogP contribution in [0, 0.1) is 13.8 Å². The van der Waals surface area contributed by atoms with Gasteiger partial charge in [0.1, 0.15) is 4.21 Å². The number of nitrogens with zero attached hydrogens (tertiary/aromatic N) is 2. The lowest BCUT2D eigenvalue weighted by Gasteiger charge is -2.30. The lowest BCUT2D eigenvalue weighted by molar-refractivity contribution is 0.587. The van der Waals surface area contributed by atoms with Crippen LogP contribution in [0.4, 0.5) is 5.69 Å². The Balaban J connectivity index is 2.13. The second-order valence-electron chi connectivity index (χ2n) is 4.97. The summed E-state index contributed by atoms with van der Waals surface area (Å²) in [4.78, 5) is 4.56. The third-order valence-electron chi connectivity index (χ3n) is 3.61. The van der Waals surface area contributed by atoms with Gasteiger partial charge in [-0.25, -0.2) is 8.42 Å². The van der Waals surface area contributed by atoms with Gasteiger partial charge >= 0.3 is 0 Å². The van der Waals surface area contributed by atoms with Crippen molar-refractivity contribution < 1.29 is 8.42 Å². The highest BCUT2D eigenvalue weighted by Crippen LogP contribution is 2.33. The van der Waals surface area contributed by atoms with E-state index in [1.807, 2.05) is 19.9 Å². The first-order valence-corrected chi connectivity index (χ1v) is 8.85. The minimum Gasteiger partial charge on any atom is -0.264 e. The first-order chi connectivity index (χ1) is 9.50. The molecule has 0 bridgehead atoms. The van der Waals surface area contributed by atoms with E-state index in [0.29, 0.717) is 10.8 Å². The van der Waals surface area contributed by atoms with Crippen LogP contribution in [0.2, 0.25) is 0 Å². The van der Waals surface area contributed by atoms with Crippen molar-refractivity contribution >= 4 is 27.0 Å². The Morgan fingerprint density at radius 3 is 2.85 bits per heavy atom. The Hall–Kier alpha value is -1.40. The molecular formula is C14H16N2O2S2. The van der Waals surface area contributed by atoms with Gasteiger partial charge in [-0.2, -0.15) is 0 Å². The summed E-state index contributed by atoms with van der Waals surface area (Å²) in [7, 11) is -3.45. The molecule has 0 unspecified atom stereocenters. The van der Waals surface area contributed by atoms with E-state index in [9.17, 15) is 8.42 Å². The molecule has 3 rings (SSSR count). The van der Waals surface area contributed by atoms with Crippen molar-refractivity contribution in [2.24, 2.45) is 0 Å². The summed E-state index contributed by atoms with van der Waals surface area (Å²) in [5, 5.41) is 1.79. The average molecular weight is 308 g/mol. The molecule has 0 aliphatic carbocycles. The first-order valence-electron chi connectivity index (χ1n) is 6.53. The number of pyridine rings is 1. The Kier molecular flexibility index (Phi) is 3.30. The highest BCUT2D eigenvalue weighted by Gasteiger charge is 2.30. The van der Waals surface area contributed by atoms with E-state index < -0.39 is 10.0 Å². The smallest absolute Gasteiger partial charge is 0.264 e. The minimum absolute atomic E-state index is 0.392. The average Bonchev–Trinajstić information content (AvgIpc) is 2.94. The van der Waals surface area contributed by atoms with Crippen LogP contribution in [0.3, 0.4) is 0 Å². The van der Waals surface area contributed by atoms with Crippen LogP contribution < -0.4 is 4.31 Å². The maximum absolute atomic E-state index is 12.7. The van der Waals surface area contributed by atoms with E-state index >= 15 is 0 Å². The van der Waals surface area contributed by atoms with Crippen molar-refractivity contribution in [3.05, 3.63) is 40.5 Å². The predicted molar refractivity (Wildman–Crippen MR) is 80.9 cm³/mol. The molecule has 2 aromatic heterocycles. The zero-order chi connectivity index (χ0) is 14.3. The van der Waals surface area contributed by atoms with E-state index in [0.717, 1.165) is 35.5 Å². The molecule has 4 nitrogen and oxygen atoms in total. The monoisotopic (exact) mass is 308 g/mol. The summed E-state index contributed by atoms with van der Waals surface area (Å²) in [6.45, 7) is 4.45. The first kappa shape index (κ1) is 13.6. The summed E-state index contributed by atoms with van der Waals surface area (Å²) in [5.41, 5.74) is 3.63. The molecule has 2 aromatic rings. The zero-order valence-electron chi connectivity index (χ0n) is 11.5. The number of aryl methyl sites for hydroxylation is 3. The Bertz CT molecular complexity index is 737. The molecule has 3 heterocycles. The number of hydrogen-bond acceptors (Lipinski definition) is 4. The molecule has 1 aliphatic rings. The van der Waals surface area contributed by atoms with Crippen LogP contribution in [0.1, 0.15) is 23.4 Å². The van der Waals surface area contributed by atoms with Crippen LogP contribution in [-0.4, -0.2) is 19.9 Å². The predicted octanol–water partition coefficient (Wildman–Crippen LogP) is 2.90. The van der Waals surface area contributed by atoms with Crippen LogP contribution in [0.25, 0.3) is 0 Å². The van der Waals surface area contributed by atoms with E-state index in [1.54, 1.807) is 17.5 Å². The molecule has 0 aromatic carbocycles. The summed E-state index contributed by atoms with van der Waals surface area (Å²) in [5.74, 6) is 0. The van der Waals surface area contributed by atoms with E-state index in [2.05, 4.69) is 4.98 Å². The van der Waals surface area contributed by atoms with Gasteiger partial charge < -0.3 is 0 Å². The fraction of sp³-hybridized carbons (Fsp3) is 0.357. The number of anilines is 1. The molecule has 0 saturated carbocycles. The summed E-state index contributed by atoms with van der Waals surface area (Å²) in [6, 6.07) is 5.37. The molecule has 0 radical (unpaired) electrons. The van der Waals surface area contributed by atoms with Crippen molar-refractivity contribution in [3.63, 3.8) is 0 Å². The fourth-order valence-corrected chi connectivity index (χ4v) is 5.05. The van der Waals surface area contributed by atoms with Gasteiger partial charge in [0.05, 0.1) is 11.4 Å². The quantitative estimate of drug-likeness (QED) is 0.857. The molecule has 0 saturated heterocycles. The minimum atomic E-state index is -3.45. The van der Waals surface area contributed by atoms with Gasteiger partial charge in [-0.05, 0) is 49.8 Å². The molecule has 0 N–H and O–H groups in total. The van der Waals surface area contributed by atoms with Gasteiger partial charge in [0, 0.05) is 12.2 Å². The van der Waals surface area contributed by atoms with Gasteiger partial charge in [-0.3, -0.25) is 9.29 Å². The Morgan fingerprint density at radius 2 is 2.15 bits per heavy atom.